The normalized spacial score (nSPS) is 37.3. The van der Waals surface area contributed by atoms with Crippen molar-refractivity contribution in [1.29, 1.82) is 0 Å². The van der Waals surface area contributed by atoms with Crippen LogP contribution in [0.15, 0.2) is 11.6 Å². The molecular weight excluding hydrogens is 238 g/mol. The lowest BCUT2D eigenvalue weighted by Crippen LogP contribution is -2.52. The van der Waals surface area contributed by atoms with Crippen LogP contribution in [0.4, 0.5) is 0 Å². The molecule has 2 N–H and O–H groups in total. The zero-order valence-electron chi connectivity index (χ0n) is 12.6. The van der Waals surface area contributed by atoms with Gasteiger partial charge in [0.2, 0.25) is 0 Å². The molecule has 19 heavy (non-hydrogen) atoms. The second-order valence-electron chi connectivity index (χ2n) is 6.89. The van der Waals surface area contributed by atoms with Crippen LogP contribution in [0.2, 0.25) is 0 Å². The smallest absolute Gasteiger partial charge is 0.0811 e. The Morgan fingerprint density at radius 1 is 1.42 bits per heavy atom. The summed E-state index contributed by atoms with van der Waals surface area (Å²) in [5, 5.41) is 20.0. The summed E-state index contributed by atoms with van der Waals surface area (Å²) in [5.41, 5.74) is 0.811. The second kappa shape index (κ2) is 5.94. The van der Waals surface area contributed by atoms with Crippen LogP contribution < -0.4 is 0 Å². The van der Waals surface area contributed by atoms with E-state index in [1.807, 2.05) is 13.8 Å². The Balaban J connectivity index is 1.97. The van der Waals surface area contributed by atoms with E-state index in [-0.39, 0.29) is 6.10 Å². The molecule has 0 spiro atoms. The number of aliphatic hydroxyl groups is 2. The fourth-order valence-corrected chi connectivity index (χ4v) is 3.72. The topological polar surface area (TPSA) is 43.7 Å². The van der Waals surface area contributed by atoms with Crippen LogP contribution in [-0.2, 0) is 0 Å². The molecule has 2 rings (SSSR count). The number of nitrogens with zero attached hydrogens (tertiary/aromatic N) is 1. The summed E-state index contributed by atoms with van der Waals surface area (Å²) in [4.78, 5) is 2.44. The van der Waals surface area contributed by atoms with Gasteiger partial charge in [0.1, 0.15) is 0 Å². The number of aliphatic hydroxyl groups excluding tert-OH is 1. The van der Waals surface area contributed by atoms with Crippen LogP contribution in [0.1, 0.15) is 52.9 Å². The Morgan fingerprint density at radius 3 is 2.84 bits per heavy atom. The Morgan fingerprint density at radius 2 is 2.16 bits per heavy atom. The van der Waals surface area contributed by atoms with Crippen molar-refractivity contribution >= 4 is 0 Å². The van der Waals surface area contributed by atoms with E-state index in [2.05, 4.69) is 17.9 Å². The standard InChI is InChI=1S/C16H29NO2/c1-12(6-7-13(2)18)9-14-10-16(3,19)15-5-4-8-17(15)11-14/h9,12-13,15,18-19H,4-8,10-11H2,1-3H3/b14-9-/t12-,13?,15?,16+/m1/s1. The third kappa shape index (κ3) is 3.80. The summed E-state index contributed by atoms with van der Waals surface area (Å²) in [6, 6.07) is 0.359. The first-order chi connectivity index (χ1) is 8.88. The molecule has 2 heterocycles. The summed E-state index contributed by atoms with van der Waals surface area (Å²) < 4.78 is 0. The molecule has 0 bridgehead atoms. The molecule has 0 amide bonds. The number of rotatable bonds is 4. The maximum Gasteiger partial charge on any atom is 0.0811 e. The predicted molar refractivity (Wildman–Crippen MR) is 78.0 cm³/mol. The van der Waals surface area contributed by atoms with Crippen molar-refractivity contribution in [3.8, 4) is 0 Å². The molecule has 110 valence electrons. The number of allylic oxidation sites excluding steroid dienone is 1. The van der Waals surface area contributed by atoms with Crippen LogP contribution in [0.5, 0.6) is 0 Å². The summed E-state index contributed by atoms with van der Waals surface area (Å²) in [6.45, 7) is 8.20. The van der Waals surface area contributed by atoms with Crippen LogP contribution >= 0.6 is 0 Å². The molecule has 2 unspecified atom stereocenters. The van der Waals surface area contributed by atoms with Crippen molar-refractivity contribution in [1.82, 2.24) is 4.90 Å². The van der Waals surface area contributed by atoms with Gasteiger partial charge < -0.3 is 10.2 Å². The summed E-state index contributed by atoms with van der Waals surface area (Å²) in [5.74, 6) is 0.486. The first-order valence-electron chi connectivity index (χ1n) is 7.72. The molecule has 2 aliphatic rings. The van der Waals surface area contributed by atoms with E-state index < -0.39 is 5.60 Å². The predicted octanol–water partition coefficient (Wildman–Crippen LogP) is 2.33. The van der Waals surface area contributed by atoms with Gasteiger partial charge in [0, 0.05) is 12.6 Å². The number of piperidine rings is 1. The molecule has 2 fully saturated rings. The van der Waals surface area contributed by atoms with Crippen molar-refractivity contribution < 1.29 is 10.2 Å². The molecule has 2 aliphatic heterocycles. The average Bonchev–Trinajstić information content (AvgIpc) is 2.74. The summed E-state index contributed by atoms with van der Waals surface area (Å²) in [6.07, 6.45) is 7.15. The molecule has 0 saturated carbocycles. The van der Waals surface area contributed by atoms with Crippen LogP contribution in [0, 0.1) is 5.92 Å². The van der Waals surface area contributed by atoms with Gasteiger partial charge in [-0.15, -0.1) is 0 Å². The first-order valence-corrected chi connectivity index (χ1v) is 7.72. The van der Waals surface area contributed by atoms with Crippen molar-refractivity contribution in [2.24, 2.45) is 5.92 Å². The minimum atomic E-state index is -0.565. The zero-order chi connectivity index (χ0) is 14.0. The number of hydrogen-bond donors (Lipinski definition) is 2. The highest BCUT2D eigenvalue weighted by atomic mass is 16.3. The van der Waals surface area contributed by atoms with Crippen LogP contribution in [0.25, 0.3) is 0 Å². The van der Waals surface area contributed by atoms with E-state index in [9.17, 15) is 10.2 Å². The molecule has 3 nitrogen and oxygen atoms in total. The Bertz CT molecular complexity index is 336. The summed E-state index contributed by atoms with van der Waals surface area (Å²) >= 11 is 0. The molecular formula is C16H29NO2. The third-order valence-electron chi connectivity index (χ3n) is 4.63. The molecule has 0 radical (unpaired) electrons. The molecule has 0 aromatic rings. The highest BCUT2D eigenvalue weighted by Crippen LogP contribution is 2.37. The molecule has 3 heteroatoms. The lowest BCUT2D eigenvalue weighted by atomic mass is 9.82. The summed E-state index contributed by atoms with van der Waals surface area (Å²) in [7, 11) is 0. The SMILES string of the molecule is CC(O)CC[C@@H](C)/C=C1\CN2CCCC2[C@@](C)(O)C1. The maximum absolute atomic E-state index is 10.6. The molecule has 2 saturated heterocycles. The van der Waals surface area contributed by atoms with E-state index in [0.717, 1.165) is 38.8 Å². The van der Waals surface area contributed by atoms with E-state index in [4.69, 9.17) is 0 Å². The van der Waals surface area contributed by atoms with Gasteiger partial charge >= 0.3 is 0 Å². The van der Waals surface area contributed by atoms with Gasteiger partial charge in [-0.3, -0.25) is 4.90 Å². The lowest BCUT2D eigenvalue weighted by Gasteiger charge is -2.43. The van der Waals surface area contributed by atoms with Crippen molar-refractivity contribution in [3.63, 3.8) is 0 Å². The second-order valence-corrected chi connectivity index (χ2v) is 6.89. The van der Waals surface area contributed by atoms with E-state index in [0.29, 0.717) is 12.0 Å². The van der Waals surface area contributed by atoms with Gasteiger partial charge in [-0.05, 0) is 58.4 Å². The van der Waals surface area contributed by atoms with Crippen molar-refractivity contribution in [3.05, 3.63) is 11.6 Å². The third-order valence-corrected chi connectivity index (χ3v) is 4.63. The quantitative estimate of drug-likeness (QED) is 0.768. The Hall–Kier alpha value is -0.380. The van der Waals surface area contributed by atoms with Crippen molar-refractivity contribution in [2.45, 2.75) is 70.6 Å². The molecule has 0 aromatic heterocycles. The number of fused-ring (bicyclic) bond motifs is 1. The van der Waals surface area contributed by atoms with E-state index in [1.54, 1.807) is 0 Å². The molecule has 0 aliphatic carbocycles. The van der Waals surface area contributed by atoms with Gasteiger partial charge in [0.05, 0.1) is 11.7 Å². The van der Waals surface area contributed by atoms with Crippen molar-refractivity contribution in [2.75, 3.05) is 13.1 Å². The van der Waals surface area contributed by atoms with Gasteiger partial charge in [-0.2, -0.15) is 0 Å². The monoisotopic (exact) mass is 267 g/mol. The molecule has 0 aromatic carbocycles. The van der Waals surface area contributed by atoms with Gasteiger partial charge in [-0.25, -0.2) is 0 Å². The minimum absolute atomic E-state index is 0.210. The highest BCUT2D eigenvalue weighted by Gasteiger charge is 2.43. The van der Waals surface area contributed by atoms with Gasteiger partial charge in [-0.1, -0.05) is 18.6 Å². The minimum Gasteiger partial charge on any atom is -0.393 e. The van der Waals surface area contributed by atoms with Gasteiger partial charge in [0.25, 0.3) is 0 Å². The fraction of sp³-hybridized carbons (Fsp3) is 0.875. The highest BCUT2D eigenvalue weighted by molar-refractivity contribution is 5.17. The average molecular weight is 267 g/mol. The van der Waals surface area contributed by atoms with Crippen LogP contribution in [0.3, 0.4) is 0 Å². The Kier molecular flexibility index (Phi) is 4.70. The first kappa shape index (κ1) is 15.0. The van der Waals surface area contributed by atoms with E-state index in [1.165, 1.54) is 12.0 Å². The van der Waals surface area contributed by atoms with E-state index >= 15 is 0 Å². The Labute approximate surface area is 117 Å². The molecule has 4 atom stereocenters. The largest absolute Gasteiger partial charge is 0.393 e. The van der Waals surface area contributed by atoms with Crippen LogP contribution in [-0.4, -0.2) is 45.9 Å². The maximum atomic E-state index is 10.6. The number of hydrogen-bond acceptors (Lipinski definition) is 3. The fourth-order valence-electron chi connectivity index (χ4n) is 3.72. The van der Waals surface area contributed by atoms with Gasteiger partial charge in [0.15, 0.2) is 0 Å². The zero-order valence-corrected chi connectivity index (χ0v) is 12.6. The lowest BCUT2D eigenvalue weighted by molar-refractivity contribution is -0.0330.